The monoisotopic (exact) mass is 298 g/mol. The van der Waals surface area contributed by atoms with Gasteiger partial charge in [-0.25, -0.2) is 8.42 Å². The molecule has 0 saturated carbocycles. The molecule has 1 aromatic carbocycles. The molecular formula is C14H22N2O3S. The molecular weight excluding hydrogens is 276 g/mol. The van der Waals surface area contributed by atoms with Crippen LogP contribution in [0.25, 0.3) is 0 Å². The molecule has 0 spiro atoms. The van der Waals surface area contributed by atoms with Gasteiger partial charge in [0.1, 0.15) is 0 Å². The average Bonchev–Trinajstić information content (AvgIpc) is 2.91. The summed E-state index contributed by atoms with van der Waals surface area (Å²) in [6, 6.07) is 9.57. The van der Waals surface area contributed by atoms with Gasteiger partial charge in [0.05, 0.1) is 11.9 Å². The van der Waals surface area contributed by atoms with Crippen LogP contribution in [0.1, 0.15) is 18.4 Å². The highest BCUT2D eigenvalue weighted by molar-refractivity contribution is 7.89. The lowest BCUT2D eigenvalue weighted by Gasteiger charge is -2.23. The molecule has 1 atom stereocenters. The molecule has 5 nitrogen and oxygen atoms in total. The van der Waals surface area contributed by atoms with Crippen molar-refractivity contribution in [1.82, 2.24) is 4.31 Å². The van der Waals surface area contributed by atoms with Crippen molar-refractivity contribution in [2.24, 2.45) is 5.73 Å². The summed E-state index contributed by atoms with van der Waals surface area (Å²) >= 11 is 0. The molecule has 1 heterocycles. The fourth-order valence-electron chi connectivity index (χ4n) is 2.36. The molecule has 1 aliphatic rings. The predicted octanol–water partition coefficient (Wildman–Crippen LogP) is 0.956. The van der Waals surface area contributed by atoms with Crippen LogP contribution in [-0.2, 0) is 21.3 Å². The molecule has 1 fully saturated rings. The van der Waals surface area contributed by atoms with Gasteiger partial charge >= 0.3 is 0 Å². The van der Waals surface area contributed by atoms with Gasteiger partial charge in [-0.05, 0) is 18.4 Å². The first-order valence-corrected chi connectivity index (χ1v) is 8.56. The largest absolute Gasteiger partial charge is 0.377 e. The Labute approximate surface area is 120 Å². The Morgan fingerprint density at radius 1 is 1.30 bits per heavy atom. The SMILES string of the molecule is NCCN(Cc1ccccc1)S(=O)(=O)CC1CCCO1. The molecule has 0 amide bonds. The van der Waals surface area contributed by atoms with Crippen molar-refractivity contribution in [3.8, 4) is 0 Å². The van der Waals surface area contributed by atoms with Crippen LogP contribution in [0.4, 0.5) is 0 Å². The maximum absolute atomic E-state index is 12.5. The van der Waals surface area contributed by atoms with E-state index >= 15 is 0 Å². The molecule has 1 saturated heterocycles. The summed E-state index contributed by atoms with van der Waals surface area (Å²) in [5.74, 6) is 0.0554. The molecule has 0 aromatic heterocycles. The van der Waals surface area contributed by atoms with Gasteiger partial charge in [-0.3, -0.25) is 0 Å². The molecule has 0 aliphatic carbocycles. The second-order valence-electron chi connectivity index (χ2n) is 5.02. The number of sulfonamides is 1. The van der Waals surface area contributed by atoms with E-state index in [2.05, 4.69) is 0 Å². The highest BCUT2D eigenvalue weighted by atomic mass is 32.2. The molecule has 2 rings (SSSR count). The van der Waals surface area contributed by atoms with Crippen LogP contribution in [0.5, 0.6) is 0 Å². The van der Waals surface area contributed by atoms with Gasteiger partial charge in [-0.2, -0.15) is 4.31 Å². The lowest BCUT2D eigenvalue weighted by Crippen LogP contribution is -2.39. The quantitative estimate of drug-likeness (QED) is 0.813. The minimum Gasteiger partial charge on any atom is -0.377 e. The summed E-state index contributed by atoms with van der Waals surface area (Å²) in [5.41, 5.74) is 6.52. The van der Waals surface area contributed by atoms with E-state index in [1.165, 1.54) is 4.31 Å². The maximum Gasteiger partial charge on any atom is 0.217 e. The maximum atomic E-state index is 12.5. The van der Waals surface area contributed by atoms with Crippen molar-refractivity contribution in [1.29, 1.82) is 0 Å². The zero-order chi connectivity index (χ0) is 14.4. The summed E-state index contributed by atoms with van der Waals surface area (Å²) in [5, 5.41) is 0. The third kappa shape index (κ3) is 4.28. The van der Waals surface area contributed by atoms with Crippen molar-refractivity contribution in [2.75, 3.05) is 25.4 Å². The van der Waals surface area contributed by atoms with Crippen molar-refractivity contribution in [2.45, 2.75) is 25.5 Å². The fourth-order valence-corrected chi connectivity index (χ4v) is 4.04. The van der Waals surface area contributed by atoms with Crippen molar-refractivity contribution < 1.29 is 13.2 Å². The Bertz CT molecular complexity index is 498. The number of nitrogens with zero attached hydrogens (tertiary/aromatic N) is 1. The van der Waals surface area contributed by atoms with E-state index in [-0.39, 0.29) is 11.9 Å². The first-order valence-electron chi connectivity index (χ1n) is 6.95. The van der Waals surface area contributed by atoms with E-state index in [1.807, 2.05) is 30.3 Å². The molecule has 20 heavy (non-hydrogen) atoms. The molecule has 0 bridgehead atoms. The first kappa shape index (κ1) is 15.4. The number of benzene rings is 1. The van der Waals surface area contributed by atoms with E-state index < -0.39 is 10.0 Å². The van der Waals surface area contributed by atoms with E-state index in [0.717, 1.165) is 18.4 Å². The smallest absolute Gasteiger partial charge is 0.217 e. The molecule has 1 aliphatic heterocycles. The Balaban J connectivity index is 2.06. The van der Waals surface area contributed by atoms with Crippen LogP contribution in [-0.4, -0.2) is 44.3 Å². The van der Waals surface area contributed by atoms with E-state index in [0.29, 0.717) is 26.2 Å². The van der Waals surface area contributed by atoms with Crippen LogP contribution in [0.3, 0.4) is 0 Å². The normalized spacial score (nSPS) is 19.6. The standard InChI is InChI=1S/C14H22N2O3S/c15-8-9-16(11-13-5-2-1-3-6-13)20(17,18)12-14-7-4-10-19-14/h1-3,5-6,14H,4,7-12,15H2. The summed E-state index contributed by atoms with van der Waals surface area (Å²) < 4.78 is 31.8. The molecule has 0 radical (unpaired) electrons. The zero-order valence-electron chi connectivity index (χ0n) is 11.6. The summed E-state index contributed by atoms with van der Waals surface area (Å²) in [4.78, 5) is 0. The van der Waals surface area contributed by atoms with E-state index in [1.54, 1.807) is 0 Å². The fraction of sp³-hybridized carbons (Fsp3) is 0.571. The number of nitrogens with two attached hydrogens (primary N) is 1. The summed E-state index contributed by atoms with van der Waals surface area (Å²) in [6.07, 6.45) is 1.59. The van der Waals surface area contributed by atoms with Gasteiger partial charge in [0, 0.05) is 26.2 Å². The van der Waals surface area contributed by atoms with E-state index in [9.17, 15) is 8.42 Å². The average molecular weight is 298 g/mol. The lowest BCUT2D eigenvalue weighted by molar-refractivity contribution is 0.126. The Morgan fingerprint density at radius 2 is 2.05 bits per heavy atom. The number of hydrogen-bond acceptors (Lipinski definition) is 4. The molecule has 1 aromatic rings. The van der Waals surface area contributed by atoms with Crippen LogP contribution in [0.2, 0.25) is 0 Å². The second kappa shape index (κ2) is 7.17. The Kier molecular flexibility index (Phi) is 5.54. The molecule has 6 heteroatoms. The zero-order valence-corrected chi connectivity index (χ0v) is 12.4. The highest BCUT2D eigenvalue weighted by Gasteiger charge is 2.28. The predicted molar refractivity (Wildman–Crippen MR) is 78.7 cm³/mol. The topological polar surface area (TPSA) is 72.6 Å². The van der Waals surface area contributed by atoms with Crippen LogP contribution in [0.15, 0.2) is 30.3 Å². The number of hydrogen-bond donors (Lipinski definition) is 1. The number of ether oxygens (including phenoxy) is 1. The van der Waals surface area contributed by atoms with Crippen molar-refractivity contribution in [3.05, 3.63) is 35.9 Å². The van der Waals surface area contributed by atoms with Gasteiger partial charge < -0.3 is 10.5 Å². The number of rotatable bonds is 7. The van der Waals surface area contributed by atoms with E-state index in [4.69, 9.17) is 10.5 Å². The Hall–Kier alpha value is -0.950. The van der Waals surface area contributed by atoms with Crippen LogP contribution >= 0.6 is 0 Å². The molecule has 1 unspecified atom stereocenters. The van der Waals surface area contributed by atoms with Crippen molar-refractivity contribution >= 4 is 10.0 Å². The van der Waals surface area contributed by atoms with Crippen LogP contribution < -0.4 is 5.73 Å². The second-order valence-corrected chi connectivity index (χ2v) is 7.03. The third-order valence-electron chi connectivity index (χ3n) is 3.39. The third-order valence-corrected chi connectivity index (χ3v) is 5.29. The van der Waals surface area contributed by atoms with Crippen LogP contribution in [0, 0.1) is 0 Å². The minimum atomic E-state index is -3.34. The summed E-state index contributed by atoms with van der Waals surface area (Å²) in [7, 11) is -3.34. The van der Waals surface area contributed by atoms with Gasteiger partial charge in [0.15, 0.2) is 0 Å². The minimum absolute atomic E-state index is 0.0554. The van der Waals surface area contributed by atoms with Gasteiger partial charge in [-0.15, -0.1) is 0 Å². The van der Waals surface area contributed by atoms with Gasteiger partial charge in [-0.1, -0.05) is 30.3 Å². The summed E-state index contributed by atoms with van der Waals surface area (Å²) in [6.45, 7) is 1.68. The molecule has 112 valence electrons. The highest BCUT2D eigenvalue weighted by Crippen LogP contribution is 2.17. The van der Waals surface area contributed by atoms with Gasteiger partial charge in [0.25, 0.3) is 0 Å². The lowest BCUT2D eigenvalue weighted by atomic mass is 10.2. The Morgan fingerprint density at radius 3 is 2.65 bits per heavy atom. The van der Waals surface area contributed by atoms with Gasteiger partial charge in [0.2, 0.25) is 10.0 Å². The van der Waals surface area contributed by atoms with Crippen molar-refractivity contribution in [3.63, 3.8) is 0 Å². The first-order chi connectivity index (χ1) is 9.62. The molecule has 2 N–H and O–H groups in total.